The molecule has 0 heterocycles. The van der Waals surface area contributed by atoms with E-state index in [9.17, 15) is 9.59 Å². The van der Waals surface area contributed by atoms with Crippen LogP contribution in [0, 0.1) is 5.92 Å². The maximum Gasteiger partial charge on any atom is 0.222 e. The zero-order valence-electron chi connectivity index (χ0n) is 12.7. The van der Waals surface area contributed by atoms with Crippen molar-refractivity contribution in [1.82, 2.24) is 10.6 Å². The Hall–Kier alpha value is -0.810. The van der Waals surface area contributed by atoms with Gasteiger partial charge in [-0.3, -0.25) is 9.59 Å². The lowest BCUT2D eigenvalue weighted by Gasteiger charge is -2.20. The van der Waals surface area contributed by atoms with E-state index in [1.807, 2.05) is 20.8 Å². The first-order chi connectivity index (χ1) is 8.78. The second kappa shape index (κ2) is 8.47. The molecular weight excluding hydrogens is 278 g/mol. The summed E-state index contributed by atoms with van der Waals surface area (Å²) in [5, 5.41) is 5.65. The average molecular weight is 306 g/mol. The topological polar surface area (TPSA) is 84.2 Å². The molecule has 1 aliphatic carbocycles. The van der Waals surface area contributed by atoms with Crippen LogP contribution >= 0.6 is 12.4 Å². The molecule has 2 amide bonds. The van der Waals surface area contributed by atoms with Crippen molar-refractivity contribution in [3.05, 3.63) is 0 Å². The molecule has 2 atom stereocenters. The van der Waals surface area contributed by atoms with Crippen molar-refractivity contribution >= 4 is 24.2 Å². The van der Waals surface area contributed by atoms with Crippen LogP contribution in [0.25, 0.3) is 0 Å². The quantitative estimate of drug-likeness (QED) is 0.717. The van der Waals surface area contributed by atoms with E-state index in [2.05, 4.69) is 10.6 Å². The number of carbonyl (C=O) groups is 2. The molecule has 0 saturated heterocycles. The summed E-state index contributed by atoms with van der Waals surface area (Å²) in [4.78, 5) is 23.3. The fourth-order valence-corrected chi connectivity index (χ4v) is 2.43. The van der Waals surface area contributed by atoms with Crippen LogP contribution in [0.5, 0.6) is 0 Å². The normalized spacial score (nSPS) is 22.0. The number of amides is 2. The first-order valence-electron chi connectivity index (χ1n) is 7.11. The van der Waals surface area contributed by atoms with Crippen molar-refractivity contribution in [1.29, 1.82) is 0 Å². The second-order valence-electron chi connectivity index (χ2n) is 6.46. The van der Waals surface area contributed by atoms with E-state index in [4.69, 9.17) is 5.73 Å². The highest BCUT2D eigenvalue weighted by molar-refractivity contribution is 5.85. The molecule has 0 unspecified atom stereocenters. The molecule has 0 spiro atoms. The SMILES string of the molecule is CC(C)(C)NC(=O)CCNC(=O)C[C@@H]1CCC[C@H]1N.Cl. The highest BCUT2D eigenvalue weighted by atomic mass is 35.5. The zero-order chi connectivity index (χ0) is 14.5. The molecule has 1 fully saturated rings. The molecule has 5 nitrogen and oxygen atoms in total. The molecule has 0 radical (unpaired) electrons. The van der Waals surface area contributed by atoms with Crippen LogP contribution in [0.1, 0.15) is 52.9 Å². The van der Waals surface area contributed by atoms with E-state index < -0.39 is 0 Å². The summed E-state index contributed by atoms with van der Waals surface area (Å²) in [6.45, 7) is 6.20. The molecule has 6 heteroatoms. The Morgan fingerprint density at radius 3 is 2.35 bits per heavy atom. The van der Waals surface area contributed by atoms with Gasteiger partial charge in [0, 0.05) is 31.0 Å². The van der Waals surface area contributed by atoms with Gasteiger partial charge in [-0.15, -0.1) is 12.4 Å². The van der Waals surface area contributed by atoms with Crippen molar-refractivity contribution in [2.45, 2.75) is 64.5 Å². The Morgan fingerprint density at radius 1 is 1.20 bits per heavy atom. The zero-order valence-corrected chi connectivity index (χ0v) is 13.5. The number of hydrogen-bond donors (Lipinski definition) is 3. The predicted octanol–water partition coefficient (Wildman–Crippen LogP) is 1.35. The molecule has 0 aromatic rings. The van der Waals surface area contributed by atoms with Gasteiger partial charge in [0.25, 0.3) is 0 Å². The number of rotatable bonds is 5. The molecule has 0 aliphatic heterocycles. The van der Waals surface area contributed by atoms with E-state index in [1.165, 1.54) is 0 Å². The summed E-state index contributed by atoms with van der Waals surface area (Å²) >= 11 is 0. The summed E-state index contributed by atoms with van der Waals surface area (Å²) in [6.07, 6.45) is 3.99. The van der Waals surface area contributed by atoms with Crippen LogP contribution in [0.3, 0.4) is 0 Å². The van der Waals surface area contributed by atoms with Crippen LogP contribution in [-0.2, 0) is 9.59 Å². The third-order valence-corrected chi connectivity index (χ3v) is 3.35. The number of nitrogens with two attached hydrogens (primary N) is 1. The molecule has 0 aromatic carbocycles. The molecule has 0 bridgehead atoms. The summed E-state index contributed by atoms with van der Waals surface area (Å²) in [7, 11) is 0. The predicted molar refractivity (Wildman–Crippen MR) is 82.7 cm³/mol. The smallest absolute Gasteiger partial charge is 0.222 e. The largest absolute Gasteiger partial charge is 0.356 e. The molecule has 1 saturated carbocycles. The van der Waals surface area contributed by atoms with Crippen LogP contribution in [0.4, 0.5) is 0 Å². The summed E-state index contributed by atoms with van der Waals surface area (Å²) < 4.78 is 0. The third-order valence-electron chi connectivity index (χ3n) is 3.35. The highest BCUT2D eigenvalue weighted by Crippen LogP contribution is 2.26. The van der Waals surface area contributed by atoms with E-state index in [0.29, 0.717) is 25.3 Å². The lowest BCUT2D eigenvalue weighted by molar-refractivity contribution is -0.123. The van der Waals surface area contributed by atoms with E-state index >= 15 is 0 Å². The monoisotopic (exact) mass is 305 g/mol. The van der Waals surface area contributed by atoms with E-state index in [1.54, 1.807) is 0 Å². The second-order valence-corrected chi connectivity index (χ2v) is 6.46. The van der Waals surface area contributed by atoms with Gasteiger partial charge < -0.3 is 16.4 Å². The molecule has 1 aliphatic rings. The fraction of sp³-hybridized carbons (Fsp3) is 0.857. The molecule has 1 rings (SSSR count). The minimum absolute atomic E-state index is 0. The summed E-state index contributed by atoms with van der Waals surface area (Å²) in [6, 6.07) is 0.162. The molecule has 118 valence electrons. The van der Waals surface area contributed by atoms with Crippen molar-refractivity contribution in [2.75, 3.05) is 6.54 Å². The number of carbonyl (C=O) groups excluding carboxylic acids is 2. The van der Waals surface area contributed by atoms with Gasteiger partial charge in [-0.05, 0) is 39.5 Å². The van der Waals surface area contributed by atoms with Crippen LogP contribution in [0.2, 0.25) is 0 Å². The van der Waals surface area contributed by atoms with Crippen LogP contribution in [0.15, 0.2) is 0 Å². The van der Waals surface area contributed by atoms with Gasteiger partial charge in [0.2, 0.25) is 11.8 Å². The minimum Gasteiger partial charge on any atom is -0.356 e. The molecular formula is C14H28ClN3O2. The van der Waals surface area contributed by atoms with Crippen molar-refractivity contribution < 1.29 is 9.59 Å². The number of nitrogens with one attached hydrogen (secondary N) is 2. The average Bonchev–Trinajstić information content (AvgIpc) is 2.61. The van der Waals surface area contributed by atoms with E-state index in [-0.39, 0.29) is 35.8 Å². The van der Waals surface area contributed by atoms with Gasteiger partial charge in [-0.2, -0.15) is 0 Å². The Kier molecular flexibility index (Phi) is 8.13. The minimum atomic E-state index is -0.224. The van der Waals surface area contributed by atoms with Gasteiger partial charge in [0.15, 0.2) is 0 Å². The maximum atomic E-state index is 11.7. The Labute approximate surface area is 127 Å². The number of halogens is 1. The summed E-state index contributed by atoms with van der Waals surface area (Å²) in [5.74, 6) is 0.277. The summed E-state index contributed by atoms with van der Waals surface area (Å²) in [5.41, 5.74) is 5.70. The number of hydrogen-bond acceptors (Lipinski definition) is 3. The van der Waals surface area contributed by atoms with Gasteiger partial charge in [0.1, 0.15) is 0 Å². The molecule has 4 N–H and O–H groups in total. The highest BCUT2D eigenvalue weighted by Gasteiger charge is 2.25. The maximum absolute atomic E-state index is 11.7. The standard InChI is InChI=1S/C14H27N3O2.ClH/c1-14(2,3)17-12(18)7-8-16-13(19)9-10-5-4-6-11(10)15;/h10-11H,4-9,15H2,1-3H3,(H,16,19)(H,17,18);1H/t10-,11+;/m0./s1. The third kappa shape index (κ3) is 7.70. The van der Waals surface area contributed by atoms with Crippen molar-refractivity contribution in [2.24, 2.45) is 11.7 Å². The molecule has 20 heavy (non-hydrogen) atoms. The lowest BCUT2D eigenvalue weighted by atomic mass is 10.00. The van der Waals surface area contributed by atoms with Crippen LogP contribution < -0.4 is 16.4 Å². The first-order valence-corrected chi connectivity index (χ1v) is 7.11. The van der Waals surface area contributed by atoms with Gasteiger partial charge in [-0.1, -0.05) is 6.42 Å². The van der Waals surface area contributed by atoms with Crippen molar-refractivity contribution in [3.63, 3.8) is 0 Å². The van der Waals surface area contributed by atoms with Gasteiger partial charge in [0.05, 0.1) is 0 Å². The fourth-order valence-electron chi connectivity index (χ4n) is 2.43. The molecule has 0 aromatic heterocycles. The lowest BCUT2D eigenvalue weighted by Crippen LogP contribution is -2.42. The van der Waals surface area contributed by atoms with Gasteiger partial charge >= 0.3 is 0 Å². The Morgan fingerprint density at radius 2 is 1.85 bits per heavy atom. The first kappa shape index (κ1) is 19.2. The Bertz CT molecular complexity index is 329. The van der Waals surface area contributed by atoms with Crippen LogP contribution in [-0.4, -0.2) is 29.9 Å². The van der Waals surface area contributed by atoms with Crippen molar-refractivity contribution in [3.8, 4) is 0 Å². The Balaban J connectivity index is 0.00000361. The van der Waals surface area contributed by atoms with Gasteiger partial charge in [-0.25, -0.2) is 0 Å². The van der Waals surface area contributed by atoms with E-state index in [0.717, 1.165) is 19.3 Å².